The van der Waals surface area contributed by atoms with Crippen LogP contribution >= 0.6 is 46.2 Å². The molecule has 5 heterocycles. The quantitative estimate of drug-likeness (QED) is 0.0119. The van der Waals surface area contributed by atoms with Crippen molar-refractivity contribution >= 4 is 135 Å². The second kappa shape index (κ2) is 53.9. The normalized spacial score (nSPS) is 20.1. The monoisotopic (exact) mass is 1970 g/mol. The Hall–Kier alpha value is -9.15. The zero-order valence-electron chi connectivity index (χ0n) is 82.7. The molecule has 3 aliphatic rings. The fourth-order valence-corrected chi connectivity index (χ4v) is 21.9. The van der Waals surface area contributed by atoms with Crippen molar-refractivity contribution in [3.8, 4) is 0 Å². The number of carbonyl (C=O) groups is 15. The molecule has 2 aromatic heterocycles. The van der Waals surface area contributed by atoms with Gasteiger partial charge in [0.2, 0.25) is 41.4 Å². The van der Waals surface area contributed by atoms with Gasteiger partial charge in [-0.15, -0.1) is 46.2 Å². The van der Waals surface area contributed by atoms with E-state index in [2.05, 4.69) is 25.9 Å². The average Bonchev–Trinajstić information content (AvgIpc) is 1.59. The van der Waals surface area contributed by atoms with Gasteiger partial charge in [-0.25, -0.2) is 19.6 Å². The van der Waals surface area contributed by atoms with Crippen LogP contribution in [0.2, 0.25) is 0 Å². The molecule has 34 nitrogen and oxygen atoms in total. The summed E-state index contributed by atoms with van der Waals surface area (Å²) in [6.07, 6.45) is -1.78. The van der Waals surface area contributed by atoms with Crippen molar-refractivity contribution in [2.75, 3.05) is 92.9 Å². The molecule has 18 atom stereocenters. The van der Waals surface area contributed by atoms with Crippen LogP contribution in [0.1, 0.15) is 236 Å². The van der Waals surface area contributed by atoms with Gasteiger partial charge in [0.25, 0.3) is 11.8 Å². The maximum absolute atomic E-state index is 15.1. The Morgan fingerprint density at radius 3 is 1.20 bits per heavy atom. The van der Waals surface area contributed by atoms with Gasteiger partial charge in [-0.05, 0) is 97.7 Å². The molecule has 754 valence electrons. The average molecular weight is 1970 g/mol. The zero-order valence-corrected chi connectivity index (χ0v) is 85.9. The lowest BCUT2D eigenvalue weighted by Crippen LogP contribution is -2.49. The Labute approximate surface area is 816 Å². The van der Waals surface area contributed by atoms with Crippen LogP contribution in [0.15, 0.2) is 71.4 Å². The molecular formula is C98H144N10O24S4. The molecule has 3 saturated heterocycles. The number of esters is 2. The predicted molar refractivity (Wildman–Crippen MR) is 517 cm³/mol. The molecule has 0 spiro atoms. The van der Waals surface area contributed by atoms with Crippen LogP contribution in [0.4, 0.5) is 0 Å². The number of nitrogens with zero attached hydrogens (tertiary/aromatic N) is 7. The first-order valence-corrected chi connectivity index (χ1v) is 51.0. The van der Waals surface area contributed by atoms with Crippen LogP contribution in [0.3, 0.4) is 0 Å². The van der Waals surface area contributed by atoms with Crippen LogP contribution in [0.25, 0.3) is 0 Å². The zero-order chi connectivity index (χ0) is 101. The lowest BCUT2D eigenvalue weighted by molar-refractivity contribution is -0.151. The molecule has 3 fully saturated rings. The number of aliphatic carboxylic acids is 2. The van der Waals surface area contributed by atoms with E-state index >= 15 is 9.59 Å². The number of Topliss-reactive ketones (excluding diaryl/α,β-unsaturated/α-hetero) is 2. The van der Waals surface area contributed by atoms with Gasteiger partial charge in [0, 0.05) is 129 Å². The van der Waals surface area contributed by atoms with E-state index in [0.717, 1.165) is 33.8 Å². The van der Waals surface area contributed by atoms with Crippen molar-refractivity contribution in [2.24, 2.45) is 47.3 Å². The first-order valence-electron chi connectivity index (χ1n) is 47.2. The molecule has 0 radical (unpaired) electrons. The number of epoxide rings is 2. The molecule has 136 heavy (non-hydrogen) atoms. The van der Waals surface area contributed by atoms with Crippen LogP contribution < -0.4 is 16.0 Å². The van der Waals surface area contributed by atoms with E-state index < -0.39 is 154 Å². The van der Waals surface area contributed by atoms with Gasteiger partial charge in [-0.2, -0.15) is 0 Å². The third-order valence-corrected chi connectivity index (χ3v) is 30.7. The highest BCUT2D eigenvalue weighted by Gasteiger charge is 2.64. The number of carbonyl (C=O) groups excluding carboxylic acids is 13. The smallest absolute Gasteiger partial charge is 0.338 e. The first-order chi connectivity index (χ1) is 64.3. The van der Waals surface area contributed by atoms with Gasteiger partial charge in [-0.3, -0.25) is 67.2 Å². The summed E-state index contributed by atoms with van der Waals surface area (Å²) in [7, 11) is 7.95. The summed E-state index contributed by atoms with van der Waals surface area (Å²) in [6, 6.07) is 13.9. The third kappa shape index (κ3) is 31.9. The van der Waals surface area contributed by atoms with E-state index in [1.54, 1.807) is 45.0 Å². The number of ether oxygens (including phenoxy) is 7. The molecule has 4 aromatic rings. The molecule has 7 rings (SSSR count). The number of hydrogen-bond donors (Lipinski definition) is 5. The highest BCUT2D eigenvalue weighted by atomic mass is 32.2. The Kier molecular flexibility index (Phi) is 45.1. The molecular weight excluding hydrogens is 1830 g/mol. The molecule has 0 aliphatic carbocycles. The maximum Gasteiger partial charge on any atom is 0.338 e. The Morgan fingerprint density at radius 1 is 0.515 bits per heavy atom. The van der Waals surface area contributed by atoms with Gasteiger partial charge in [0.1, 0.15) is 44.1 Å². The highest BCUT2D eigenvalue weighted by Crippen LogP contribution is 2.43. The largest absolute Gasteiger partial charge is 0.479 e. The summed E-state index contributed by atoms with van der Waals surface area (Å²) in [5.41, 5.74) is -1.33. The number of imide groups is 1. The van der Waals surface area contributed by atoms with E-state index in [4.69, 9.17) is 33.2 Å². The lowest BCUT2D eigenvalue weighted by atomic mass is 9.82. The number of carboxylic acid groups (broad SMARTS) is 2. The summed E-state index contributed by atoms with van der Waals surface area (Å²) in [4.78, 5) is 224. The van der Waals surface area contributed by atoms with Crippen LogP contribution in [0.5, 0.6) is 0 Å². The molecule has 0 saturated carbocycles. The first kappa shape index (κ1) is 114. The molecule has 5 N–H and O–H groups in total. The van der Waals surface area contributed by atoms with Crippen LogP contribution in [-0.2, 0) is 108 Å². The number of hydrogen-bond acceptors (Lipinski definition) is 28. The van der Waals surface area contributed by atoms with E-state index in [0.29, 0.717) is 12.8 Å². The van der Waals surface area contributed by atoms with E-state index in [-0.39, 0.29) is 214 Å². The van der Waals surface area contributed by atoms with Gasteiger partial charge in [0.15, 0.2) is 35.0 Å². The number of benzene rings is 2. The minimum Gasteiger partial charge on any atom is -0.479 e. The number of amides is 9. The van der Waals surface area contributed by atoms with Crippen molar-refractivity contribution in [1.29, 1.82) is 0 Å². The number of thiazole rings is 2. The number of ketones is 2. The van der Waals surface area contributed by atoms with E-state index in [1.807, 2.05) is 144 Å². The number of rotatable bonds is 62. The van der Waals surface area contributed by atoms with Gasteiger partial charge >= 0.3 is 23.9 Å². The lowest BCUT2D eigenvalue weighted by Gasteiger charge is -2.37. The van der Waals surface area contributed by atoms with Gasteiger partial charge in [-0.1, -0.05) is 157 Å². The van der Waals surface area contributed by atoms with Crippen LogP contribution in [0, 0.1) is 47.3 Å². The SMILES string of the molecule is CC[C@H](C)[C@H](CC(=O)[C@@H](C(C)C)N(C)C(=O)CCCSC1C(=O)N(CCOCCOCCOCCC(=O)NC)C(=O)C1SCCCC(=O)N(C)[C@@H](C(=O)C[C@H](C(=O)N(C)[C@H](C[C@@H](OC(C)=O)c1nc(C(=O)N[C@@H](Cc2ccccc2)C2OC2(C)C(=O)O)cs1)C(C)C)[C@@H](C)CC)C(C)C)C(=O)N(C)[C@H](C[C@@H](OC(C)=O)c1nc(C(=O)N[C@@H](Cc2ccccc2)C2OC2(C)C(=O)O)cs1)C(C)C. The number of thioether (sulfide) groups is 2. The second-order valence-electron chi connectivity index (χ2n) is 37.4. The molecule has 38 heteroatoms. The summed E-state index contributed by atoms with van der Waals surface area (Å²) >= 11 is 4.63. The maximum atomic E-state index is 15.1. The van der Waals surface area contributed by atoms with Gasteiger partial charge in [0.05, 0.1) is 70.4 Å². The molecule has 3 aliphatic heterocycles. The van der Waals surface area contributed by atoms with Crippen molar-refractivity contribution in [2.45, 2.75) is 277 Å². The fraction of sp³-hybridized carbons (Fsp3) is 0.663. The number of likely N-dealkylation sites (N-methyl/N-ethyl adjacent to an activating group) is 2. The number of carboxylic acids is 2. The topological polar surface area (TPSA) is 446 Å². The molecule has 2 aromatic carbocycles. The standard InChI is InChI=1S/C98H144N10O24S4/c1-22-60(11)66(91(118)104(18)72(56(3)4)52-76(129-62(13)109)89-102-70(54-135-89)87(116)100-68(48-64-32-26-24-27-33-64)85-97(15,131-85)95(122)123)50-74(111)81(58(7)8)106(20)79(114)36-30-46-133-83-84(94(121)108(93(83)120)39-41-127-43-45-128-44-42-126-40-38-78(113)99-17)134-47-31-37-80(115)107(21)82(59(9)10)75(112)51-67(61(12)23-2)92(119)105(19)73(57(5)6)53-77(130-63(14)110)90-103-71(55-136-90)88(117)101-69(49-65-34-28-25-29-35-65)86-98(16,132-86)96(124)125/h24-29,32-35,54-61,66-69,72-73,76-77,81-86H,22-23,30-31,36-53H2,1-21H3,(H,99,113)(H,100,116)(H,101,117)(H,122,123)(H,124,125)/t60-,61-,66-,67-,68-,69-,72+,73+,76+,77+,81+,82+,83?,84?,85?,86?,97?,98?/m0/s1. The second-order valence-corrected chi connectivity index (χ2v) is 41.6. The predicted octanol–water partition coefficient (Wildman–Crippen LogP) is 10.9. The molecule has 9 amide bonds. The Morgan fingerprint density at radius 2 is 0.875 bits per heavy atom. The van der Waals surface area contributed by atoms with Crippen LogP contribution in [-0.4, -0.2) is 296 Å². The summed E-state index contributed by atoms with van der Waals surface area (Å²) in [6.45, 7) is 29.0. The van der Waals surface area contributed by atoms with Crippen molar-refractivity contribution in [1.82, 2.24) is 50.4 Å². The number of aromatic nitrogens is 2. The van der Waals surface area contributed by atoms with Crippen molar-refractivity contribution in [3.63, 3.8) is 0 Å². The third-order valence-electron chi connectivity index (χ3n) is 25.9. The number of likely N-dealkylation sites (tertiary alicyclic amines) is 1. The minimum absolute atomic E-state index is 0.00189. The Bertz CT molecular complexity index is 4430. The Balaban J connectivity index is 0.979. The van der Waals surface area contributed by atoms with Crippen molar-refractivity contribution < 1.29 is 115 Å². The molecule has 0 bridgehead atoms. The highest BCUT2D eigenvalue weighted by molar-refractivity contribution is 8.04. The summed E-state index contributed by atoms with van der Waals surface area (Å²) in [5.74, 6) is -10.9. The fourth-order valence-electron chi connectivity index (χ4n) is 17.5. The summed E-state index contributed by atoms with van der Waals surface area (Å²) < 4.78 is 40.0. The van der Waals surface area contributed by atoms with E-state index in [9.17, 15) is 72.5 Å². The van der Waals surface area contributed by atoms with Gasteiger partial charge < -0.3 is 78.9 Å². The number of nitrogens with one attached hydrogen (secondary N) is 3. The minimum atomic E-state index is -1.51. The van der Waals surface area contributed by atoms with E-state index in [1.165, 1.54) is 76.7 Å². The molecule has 6 unspecified atom stereocenters. The summed E-state index contributed by atoms with van der Waals surface area (Å²) in [5, 5.41) is 30.1. The van der Waals surface area contributed by atoms with Crippen molar-refractivity contribution in [3.05, 3.63) is 104 Å².